The topological polar surface area (TPSA) is 77.4 Å². The molecule has 1 rings (SSSR count). The lowest BCUT2D eigenvalue weighted by Crippen LogP contribution is -2.45. The highest BCUT2D eigenvalue weighted by Gasteiger charge is 2.16. The summed E-state index contributed by atoms with van der Waals surface area (Å²) in [6, 6.07) is 6.56. The highest BCUT2D eigenvalue weighted by atomic mass is 32.2. The van der Waals surface area contributed by atoms with Gasteiger partial charge in [-0.15, -0.1) is 0 Å². The van der Waals surface area contributed by atoms with Crippen LogP contribution in [0.3, 0.4) is 0 Å². The fourth-order valence-corrected chi connectivity index (χ4v) is 5.62. The van der Waals surface area contributed by atoms with Crippen LogP contribution in [0.4, 0.5) is 0 Å². The van der Waals surface area contributed by atoms with Gasteiger partial charge in [-0.3, -0.25) is 0 Å². The molecule has 37 heavy (non-hydrogen) atoms. The summed E-state index contributed by atoms with van der Waals surface area (Å²) < 4.78 is 34.5. The molecule has 218 valence electrons. The van der Waals surface area contributed by atoms with E-state index >= 15 is 0 Å². The molecule has 0 saturated carbocycles. The molecule has 0 fully saturated rings. The van der Waals surface area contributed by atoms with Gasteiger partial charge in [-0.1, -0.05) is 116 Å². The quantitative estimate of drug-likeness (QED) is 0.0976. The lowest BCUT2D eigenvalue weighted by atomic mass is 10.0. The van der Waals surface area contributed by atoms with E-state index in [2.05, 4.69) is 27.9 Å². The maximum absolute atomic E-state index is 11.2. The Bertz CT molecular complexity index is 762. The Morgan fingerprint density at radius 3 is 1.65 bits per heavy atom. The van der Waals surface area contributed by atoms with Gasteiger partial charge in [0.2, 0.25) is 0 Å². The molecule has 0 bridgehead atoms. The number of aliphatic hydroxyl groups is 1. The molecule has 1 aromatic carbocycles. The number of benzene rings is 1. The molecule has 1 aromatic rings. The molecule has 0 spiro atoms. The smallest absolute Gasteiger partial charge is 0.124 e. The van der Waals surface area contributed by atoms with Crippen molar-refractivity contribution in [3.63, 3.8) is 0 Å². The molecule has 1 N–H and O–H groups in total. The molecule has 0 saturated heterocycles. The van der Waals surface area contributed by atoms with Gasteiger partial charge in [0.15, 0.2) is 0 Å². The highest BCUT2D eigenvalue weighted by Crippen LogP contribution is 2.18. The number of unbranched alkanes of at least 4 members (excludes halogenated alkanes) is 14. The van der Waals surface area contributed by atoms with Gasteiger partial charge in [-0.25, -0.2) is 8.42 Å². The monoisotopic (exact) mass is 541 g/mol. The van der Waals surface area contributed by atoms with Gasteiger partial charge >= 0.3 is 0 Å². The van der Waals surface area contributed by atoms with Gasteiger partial charge < -0.3 is 14.1 Å². The molecule has 0 aliphatic carbocycles. The maximum atomic E-state index is 11.2. The van der Waals surface area contributed by atoms with Crippen molar-refractivity contribution in [3.8, 4) is 0 Å². The Morgan fingerprint density at radius 1 is 0.757 bits per heavy atom. The van der Waals surface area contributed by atoms with Crippen molar-refractivity contribution in [1.82, 2.24) is 0 Å². The number of aryl methyl sites for hydroxylation is 1. The summed E-state index contributed by atoms with van der Waals surface area (Å²) in [5.74, 6) is 0. The van der Waals surface area contributed by atoms with Crippen LogP contribution < -0.4 is 0 Å². The van der Waals surface area contributed by atoms with Crippen molar-refractivity contribution < 1.29 is 22.6 Å². The maximum Gasteiger partial charge on any atom is 0.124 e. The van der Waals surface area contributed by atoms with E-state index < -0.39 is 10.1 Å². The molecule has 0 aliphatic heterocycles. The molecular formula is C31H59NO4S. The van der Waals surface area contributed by atoms with E-state index in [-0.39, 0.29) is 11.0 Å². The minimum Gasteiger partial charge on any atom is -0.744 e. The first-order valence-electron chi connectivity index (χ1n) is 15.1. The predicted octanol–water partition coefficient (Wildman–Crippen LogP) is 7.86. The Balaban J connectivity index is 0.000000757. The van der Waals surface area contributed by atoms with Crippen LogP contribution in [0.5, 0.6) is 0 Å². The average Bonchev–Trinajstić information content (AvgIpc) is 2.82. The molecule has 1 atom stereocenters. The van der Waals surface area contributed by atoms with Gasteiger partial charge in [0.05, 0.1) is 25.5 Å². The van der Waals surface area contributed by atoms with Crippen LogP contribution in [0.15, 0.2) is 29.2 Å². The predicted molar refractivity (Wildman–Crippen MR) is 157 cm³/mol. The third-order valence-corrected chi connectivity index (χ3v) is 7.85. The summed E-state index contributed by atoms with van der Waals surface area (Å²) in [7, 11) is 0.0683. The molecule has 1 unspecified atom stereocenters. The largest absolute Gasteiger partial charge is 0.744 e. The third kappa shape index (κ3) is 21.7. The highest BCUT2D eigenvalue weighted by molar-refractivity contribution is 7.85. The summed E-state index contributed by atoms with van der Waals surface area (Å²) in [4.78, 5) is -0.0501. The lowest BCUT2D eigenvalue weighted by molar-refractivity contribution is -0.893. The Kier molecular flexibility index (Phi) is 21.4. The van der Waals surface area contributed by atoms with E-state index in [0.29, 0.717) is 12.0 Å². The van der Waals surface area contributed by atoms with Crippen LogP contribution in [0.2, 0.25) is 0 Å². The summed E-state index contributed by atoms with van der Waals surface area (Å²) in [5, 5.41) is 9.35. The fourth-order valence-electron chi connectivity index (χ4n) is 4.88. The van der Waals surface area contributed by atoms with E-state index in [9.17, 15) is 18.1 Å². The summed E-state index contributed by atoms with van der Waals surface area (Å²) >= 11 is 0. The molecular weight excluding hydrogens is 482 g/mol. The molecule has 5 nitrogen and oxygen atoms in total. The van der Waals surface area contributed by atoms with E-state index in [1.54, 1.807) is 18.2 Å². The number of aliphatic hydroxyl groups excluding tert-OH is 1. The Hall–Kier alpha value is -0.950. The zero-order chi connectivity index (χ0) is 28.0. The zero-order valence-corrected chi connectivity index (χ0v) is 25.7. The number of quaternary nitrogens is 1. The standard InChI is InChI=1S/C18H30O3S.C13H30NO/c1-2-3-4-5-6-7-8-9-10-11-14-17-15-12-13-16-18(17)22(19,20)21;1-5-6-7-8-9-10-11-14(3,4)12-13(2)15/h12-13,15-16H,2-11,14H2,1H3,(H,19,20,21);13,15H,5-12H2,1-4H3/q;+1/p-1. The number of hydrogen-bond donors (Lipinski definition) is 1. The van der Waals surface area contributed by atoms with Crippen LogP contribution in [0.25, 0.3) is 0 Å². The van der Waals surface area contributed by atoms with Crippen molar-refractivity contribution >= 4 is 10.1 Å². The average molecular weight is 542 g/mol. The van der Waals surface area contributed by atoms with E-state index in [4.69, 9.17) is 0 Å². The minimum atomic E-state index is -4.35. The lowest BCUT2D eigenvalue weighted by Gasteiger charge is -2.31. The Labute approximate surface area is 230 Å². The summed E-state index contributed by atoms with van der Waals surface area (Å²) in [6.45, 7) is 8.42. The minimum absolute atomic E-state index is 0.0501. The number of hydrogen-bond acceptors (Lipinski definition) is 4. The van der Waals surface area contributed by atoms with Gasteiger partial charge in [0.1, 0.15) is 22.8 Å². The fraction of sp³-hybridized carbons (Fsp3) is 0.806. The SMILES string of the molecule is CCCCCCCCCCCCc1ccccc1S(=O)(=O)[O-].CCCCCCCC[N+](C)(C)CC(C)O. The van der Waals surface area contributed by atoms with E-state index in [1.807, 2.05) is 6.92 Å². The Morgan fingerprint density at radius 2 is 1.19 bits per heavy atom. The van der Waals surface area contributed by atoms with Crippen LogP contribution in [-0.4, -0.2) is 55.8 Å². The van der Waals surface area contributed by atoms with Crippen LogP contribution >= 0.6 is 0 Å². The van der Waals surface area contributed by atoms with E-state index in [1.165, 1.54) is 103 Å². The first-order valence-corrected chi connectivity index (χ1v) is 16.5. The molecule has 6 heteroatoms. The van der Waals surface area contributed by atoms with Gasteiger partial charge in [0, 0.05) is 0 Å². The van der Waals surface area contributed by atoms with Gasteiger partial charge in [0.25, 0.3) is 0 Å². The third-order valence-electron chi connectivity index (χ3n) is 6.92. The molecule has 0 aromatic heterocycles. The molecule has 0 heterocycles. The number of rotatable bonds is 21. The number of likely N-dealkylation sites (N-methyl/N-ethyl adjacent to an activating group) is 1. The second-order valence-corrected chi connectivity index (χ2v) is 12.8. The zero-order valence-electron chi connectivity index (χ0n) is 24.8. The van der Waals surface area contributed by atoms with Crippen LogP contribution in [0, 0.1) is 0 Å². The summed E-state index contributed by atoms with van der Waals surface area (Å²) in [5.41, 5.74) is 0.664. The van der Waals surface area contributed by atoms with Gasteiger partial charge in [-0.2, -0.15) is 0 Å². The van der Waals surface area contributed by atoms with Crippen molar-refractivity contribution in [2.45, 2.75) is 141 Å². The first kappa shape index (κ1) is 36.0. The van der Waals surface area contributed by atoms with Crippen molar-refractivity contribution in [3.05, 3.63) is 29.8 Å². The van der Waals surface area contributed by atoms with E-state index in [0.717, 1.165) is 23.9 Å². The van der Waals surface area contributed by atoms with Crippen molar-refractivity contribution in [1.29, 1.82) is 0 Å². The second kappa shape index (κ2) is 21.9. The normalized spacial score (nSPS) is 12.7. The van der Waals surface area contributed by atoms with Crippen LogP contribution in [0.1, 0.15) is 129 Å². The molecule has 0 amide bonds. The number of nitrogens with zero attached hydrogens (tertiary/aromatic N) is 1. The van der Waals surface area contributed by atoms with Crippen molar-refractivity contribution in [2.75, 3.05) is 27.2 Å². The van der Waals surface area contributed by atoms with Crippen molar-refractivity contribution in [2.24, 2.45) is 0 Å². The first-order chi connectivity index (χ1) is 17.5. The summed E-state index contributed by atoms with van der Waals surface area (Å²) in [6.07, 6.45) is 21.1. The van der Waals surface area contributed by atoms with Crippen LogP contribution in [-0.2, 0) is 16.5 Å². The second-order valence-electron chi connectivity index (χ2n) is 11.5. The molecule has 0 aliphatic rings. The molecule has 0 radical (unpaired) electrons. The van der Waals surface area contributed by atoms with Gasteiger partial charge in [-0.05, 0) is 44.2 Å².